The first-order valence-electron chi connectivity index (χ1n) is 5.32. The number of nitrogens with one attached hydrogen (secondary N) is 1. The summed E-state index contributed by atoms with van der Waals surface area (Å²) in [7, 11) is 1.68. The van der Waals surface area contributed by atoms with Crippen LogP contribution in [0.2, 0.25) is 0 Å². The summed E-state index contributed by atoms with van der Waals surface area (Å²) in [5, 5.41) is 3.33. The van der Waals surface area contributed by atoms with E-state index in [9.17, 15) is 0 Å². The fourth-order valence-corrected chi connectivity index (χ4v) is 1.39. The second-order valence-corrected chi connectivity index (χ2v) is 3.48. The van der Waals surface area contributed by atoms with Crippen molar-refractivity contribution in [3.05, 3.63) is 35.9 Å². The molecule has 0 fully saturated rings. The summed E-state index contributed by atoms with van der Waals surface area (Å²) in [6.07, 6.45) is 4.26. The summed E-state index contributed by atoms with van der Waals surface area (Å²) >= 11 is 0. The Kier molecular flexibility index (Phi) is 4.91. The van der Waals surface area contributed by atoms with E-state index >= 15 is 0 Å². The van der Waals surface area contributed by atoms with Gasteiger partial charge in [-0.05, 0) is 31.2 Å². The van der Waals surface area contributed by atoms with Crippen LogP contribution in [0, 0.1) is 0 Å². The van der Waals surface area contributed by atoms with Gasteiger partial charge in [0.05, 0.1) is 7.11 Å². The van der Waals surface area contributed by atoms with Gasteiger partial charge in [0.25, 0.3) is 0 Å². The molecule has 0 aliphatic rings. The Labute approximate surface area is 92.0 Å². The molecule has 1 unspecified atom stereocenters. The summed E-state index contributed by atoms with van der Waals surface area (Å²) in [6, 6.07) is 8.44. The molecule has 0 heterocycles. The largest absolute Gasteiger partial charge is 0.497 e. The highest BCUT2D eigenvalue weighted by Crippen LogP contribution is 2.13. The van der Waals surface area contributed by atoms with Crippen LogP contribution in [0.25, 0.3) is 6.08 Å². The van der Waals surface area contributed by atoms with Gasteiger partial charge in [-0.15, -0.1) is 0 Å². The molecule has 1 aromatic carbocycles. The molecule has 15 heavy (non-hydrogen) atoms. The van der Waals surface area contributed by atoms with Crippen LogP contribution in [-0.4, -0.2) is 19.7 Å². The highest BCUT2D eigenvalue weighted by molar-refractivity contribution is 5.52. The van der Waals surface area contributed by atoms with Crippen molar-refractivity contribution in [3.63, 3.8) is 0 Å². The topological polar surface area (TPSA) is 21.3 Å². The SMILES string of the molecule is CCNC(C)/C=C/c1cccc(OC)c1. The lowest BCUT2D eigenvalue weighted by atomic mass is 10.1. The van der Waals surface area contributed by atoms with Crippen LogP contribution in [0.1, 0.15) is 19.4 Å². The second kappa shape index (κ2) is 6.25. The molecule has 0 radical (unpaired) electrons. The van der Waals surface area contributed by atoms with Crippen molar-refractivity contribution in [2.75, 3.05) is 13.7 Å². The molecule has 0 aliphatic heterocycles. The van der Waals surface area contributed by atoms with E-state index in [1.807, 2.05) is 18.2 Å². The Hall–Kier alpha value is -1.28. The van der Waals surface area contributed by atoms with Crippen molar-refractivity contribution >= 4 is 6.08 Å². The first-order valence-corrected chi connectivity index (χ1v) is 5.32. The molecule has 0 aromatic heterocycles. The molecule has 1 aromatic rings. The molecule has 0 bridgehead atoms. The first kappa shape index (κ1) is 11.8. The van der Waals surface area contributed by atoms with Crippen molar-refractivity contribution < 1.29 is 4.74 Å². The molecule has 1 rings (SSSR count). The summed E-state index contributed by atoms with van der Waals surface area (Å²) in [5.74, 6) is 0.897. The number of hydrogen-bond acceptors (Lipinski definition) is 2. The van der Waals surface area contributed by atoms with E-state index in [0.29, 0.717) is 6.04 Å². The van der Waals surface area contributed by atoms with Crippen LogP contribution in [0.5, 0.6) is 5.75 Å². The fraction of sp³-hybridized carbons (Fsp3) is 0.385. The first-order chi connectivity index (χ1) is 7.26. The van der Waals surface area contributed by atoms with Crippen LogP contribution >= 0.6 is 0 Å². The molecule has 2 heteroatoms. The molecule has 1 atom stereocenters. The van der Waals surface area contributed by atoms with Gasteiger partial charge in [0.2, 0.25) is 0 Å². The molecule has 82 valence electrons. The van der Waals surface area contributed by atoms with Gasteiger partial charge in [-0.1, -0.05) is 31.2 Å². The molecule has 2 nitrogen and oxygen atoms in total. The summed E-state index contributed by atoms with van der Waals surface area (Å²) in [5.41, 5.74) is 1.17. The van der Waals surface area contributed by atoms with E-state index in [4.69, 9.17) is 4.74 Å². The lowest BCUT2D eigenvalue weighted by molar-refractivity contribution is 0.414. The average Bonchev–Trinajstić information content (AvgIpc) is 2.27. The van der Waals surface area contributed by atoms with E-state index in [1.165, 1.54) is 5.56 Å². The number of benzene rings is 1. The Morgan fingerprint density at radius 1 is 1.47 bits per heavy atom. The summed E-state index contributed by atoms with van der Waals surface area (Å²) in [4.78, 5) is 0. The minimum Gasteiger partial charge on any atom is -0.497 e. The average molecular weight is 205 g/mol. The van der Waals surface area contributed by atoms with Crippen LogP contribution in [0.15, 0.2) is 30.3 Å². The van der Waals surface area contributed by atoms with E-state index < -0.39 is 0 Å². The third kappa shape index (κ3) is 4.17. The van der Waals surface area contributed by atoms with Crippen LogP contribution < -0.4 is 10.1 Å². The lowest BCUT2D eigenvalue weighted by Crippen LogP contribution is -2.22. The standard InChI is InChI=1S/C13H19NO/c1-4-14-11(2)8-9-12-6-5-7-13(10-12)15-3/h5-11,14H,4H2,1-3H3/b9-8+. The van der Waals surface area contributed by atoms with E-state index in [0.717, 1.165) is 12.3 Å². The molecule has 1 N–H and O–H groups in total. The molecule has 0 saturated heterocycles. The maximum Gasteiger partial charge on any atom is 0.119 e. The highest BCUT2D eigenvalue weighted by atomic mass is 16.5. The van der Waals surface area contributed by atoms with Gasteiger partial charge in [-0.2, -0.15) is 0 Å². The predicted molar refractivity (Wildman–Crippen MR) is 65.2 cm³/mol. The van der Waals surface area contributed by atoms with E-state index in [2.05, 4.69) is 37.4 Å². The summed E-state index contributed by atoms with van der Waals surface area (Å²) in [6.45, 7) is 5.24. The number of methoxy groups -OCH3 is 1. The zero-order chi connectivity index (χ0) is 11.1. The van der Waals surface area contributed by atoms with Gasteiger partial charge in [-0.25, -0.2) is 0 Å². The minimum atomic E-state index is 0.404. The number of hydrogen-bond donors (Lipinski definition) is 1. The summed E-state index contributed by atoms with van der Waals surface area (Å²) < 4.78 is 5.16. The molecular formula is C13H19NO. The zero-order valence-corrected chi connectivity index (χ0v) is 9.66. The third-order valence-corrected chi connectivity index (χ3v) is 2.20. The Morgan fingerprint density at radius 2 is 2.27 bits per heavy atom. The second-order valence-electron chi connectivity index (χ2n) is 3.48. The van der Waals surface area contributed by atoms with Crippen LogP contribution in [0.4, 0.5) is 0 Å². The highest BCUT2D eigenvalue weighted by Gasteiger charge is 1.94. The van der Waals surface area contributed by atoms with Crippen molar-refractivity contribution in [2.45, 2.75) is 19.9 Å². The zero-order valence-electron chi connectivity index (χ0n) is 9.66. The Balaban J connectivity index is 2.63. The third-order valence-electron chi connectivity index (χ3n) is 2.20. The Morgan fingerprint density at radius 3 is 2.93 bits per heavy atom. The van der Waals surface area contributed by atoms with Gasteiger partial charge in [0, 0.05) is 6.04 Å². The van der Waals surface area contributed by atoms with Crippen molar-refractivity contribution in [2.24, 2.45) is 0 Å². The lowest BCUT2D eigenvalue weighted by Gasteiger charge is -2.06. The van der Waals surface area contributed by atoms with Gasteiger partial charge in [0.15, 0.2) is 0 Å². The fourth-order valence-electron chi connectivity index (χ4n) is 1.39. The molecule has 0 spiro atoms. The normalized spacial score (nSPS) is 13.0. The number of likely N-dealkylation sites (N-methyl/N-ethyl adjacent to an activating group) is 1. The monoisotopic (exact) mass is 205 g/mol. The number of ether oxygens (including phenoxy) is 1. The van der Waals surface area contributed by atoms with Gasteiger partial charge >= 0.3 is 0 Å². The quantitative estimate of drug-likeness (QED) is 0.798. The smallest absolute Gasteiger partial charge is 0.119 e. The predicted octanol–water partition coefficient (Wildman–Crippen LogP) is 2.71. The van der Waals surface area contributed by atoms with Crippen molar-refractivity contribution in [3.8, 4) is 5.75 Å². The van der Waals surface area contributed by atoms with Gasteiger partial charge in [-0.3, -0.25) is 0 Å². The molecule has 0 aliphatic carbocycles. The van der Waals surface area contributed by atoms with Crippen molar-refractivity contribution in [1.82, 2.24) is 5.32 Å². The minimum absolute atomic E-state index is 0.404. The number of rotatable bonds is 5. The van der Waals surface area contributed by atoms with Crippen molar-refractivity contribution in [1.29, 1.82) is 0 Å². The maximum absolute atomic E-state index is 5.16. The van der Waals surface area contributed by atoms with E-state index in [-0.39, 0.29) is 0 Å². The molecule has 0 amide bonds. The van der Waals surface area contributed by atoms with Gasteiger partial charge in [0.1, 0.15) is 5.75 Å². The van der Waals surface area contributed by atoms with Gasteiger partial charge < -0.3 is 10.1 Å². The molecule has 0 saturated carbocycles. The van der Waals surface area contributed by atoms with Crippen LogP contribution in [-0.2, 0) is 0 Å². The van der Waals surface area contributed by atoms with Crippen LogP contribution in [0.3, 0.4) is 0 Å². The Bertz CT molecular complexity index is 320. The van der Waals surface area contributed by atoms with E-state index in [1.54, 1.807) is 7.11 Å². The maximum atomic E-state index is 5.16. The molecular weight excluding hydrogens is 186 g/mol.